The van der Waals surface area contributed by atoms with Crippen LogP contribution in [-0.2, 0) is 5.41 Å². The van der Waals surface area contributed by atoms with Gasteiger partial charge in [0.05, 0.1) is 5.56 Å². The average molecular weight is 379 g/mol. The van der Waals surface area contributed by atoms with Crippen LogP contribution < -0.4 is 11.5 Å². The van der Waals surface area contributed by atoms with E-state index in [1.54, 1.807) is 18.2 Å². The van der Waals surface area contributed by atoms with E-state index in [4.69, 9.17) is 11.5 Å². The zero-order chi connectivity index (χ0) is 20.5. The van der Waals surface area contributed by atoms with Gasteiger partial charge < -0.3 is 11.5 Å². The van der Waals surface area contributed by atoms with Crippen LogP contribution in [0.5, 0.6) is 0 Å². The second kappa shape index (κ2) is 7.88. The number of benzene rings is 2. The molecule has 2 aromatic carbocycles. The zero-order valence-electron chi connectivity index (χ0n) is 17.0. The minimum absolute atomic E-state index is 0.221. The van der Waals surface area contributed by atoms with E-state index in [1.807, 2.05) is 24.3 Å². The van der Waals surface area contributed by atoms with Crippen LogP contribution in [0.3, 0.4) is 0 Å². The molecule has 0 saturated carbocycles. The molecule has 0 bridgehead atoms. The first-order valence-corrected chi connectivity index (χ1v) is 10.2. The fraction of sp³-hybridized carbons (Fsp3) is 0.417. The van der Waals surface area contributed by atoms with Gasteiger partial charge in [0.2, 0.25) is 0 Å². The van der Waals surface area contributed by atoms with Crippen molar-refractivity contribution in [3.05, 3.63) is 64.7 Å². The van der Waals surface area contributed by atoms with Crippen molar-refractivity contribution in [2.24, 2.45) is 5.73 Å². The first-order valence-electron chi connectivity index (χ1n) is 10.2. The lowest BCUT2D eigenvalue weighted by atomic mass is 9.68. The SMILES string of the molecule is CCCCCC(N)C1(c2ccc(C(C)C)cc2)C(=O)c2cccc(N)c2C1=O. The normalized spacial score (nSPS) is 19.9. The largest absolute Gasteiger partial charge is 0.398 e. The van der Waals surface area contributed by atoms with Gasteiger partial charge in [0.25, 0.3) is 0 Å². The Kier molecular flexibility index (Phi) is 5.71. The van der Waals surface area contributed by atoms with Crippen molar-refractivity contribution in [2.45, 2.75) is 63.8 Å². The third kappa shape index (κ3) is 3.06. The molecule has 2 unspecified atom stereocenters. The Hall–Kier alpha value is -2.46. The highest BCUT2D eigenvalue weighted by Gasteiger charge is 2.58. The van der Waals surface area contributed by atoms with E-state index in [9.17, 15) is 9.59 Å². The van der Waals surface area contributed by atoms with Crippen LogP contribution in [0.25, 0.3) is 0 Å². The van der Waals surface area contributed by atoms with Gasteiger partial charge in [-0.15, -0.1) is 0 Å². The number of Topliss-reactive ketones (excluding diaryl/α,β-unsaturated/α-hetero) is 2. The first-order chi connectivity index (χ1) is 13.4. The smallest absolute Gasteiger partial charge is 0.185 e. The molecule has 0 saturated heterocycles. The second-order valence-electron chi connectivity index (χ2n) is 8.12. The average Bonchev–Trinajstić information content (AvgIpc) is 2.91. The number of ketones is 2. The van der Waals surface area contributed by atoms with Gasteiger partial charge in [0.1, 0.15) is 5.41 Å². The van der Waals surface area contributed by atoms with Gasteiger partial charge in [0, 0.05) is 17.3 Å². The van der Waals surface area contributed by atoms with E-state index in [0.717, 1.165) is 24.8 Å². The highest BCUT2D eigenvalue weighted by atomic mass is 16.2. The lowest BCUT2D eigenvalue weighted by Gasteiger charge is -2.33. The molecular formula is C24H30N2O2. The number of carbonyl (C=O) groups excluding carboxylic acids is 2. The van der Waals surface area contributed by atoms with Crippen molar-refractivity contribution in [2.75, 3.05) is 5.73 Å². The van der Waals surface area contributed by atoms with Crippen molar-refractivity contribution >= 4 is 17.3 Å². The van der Waals surface area contributed by atoms with Gasteiger partial charge in [-0.1, -0.05) is 76.4 Å². The number of hydrogen-bond donors (Lipinski definition) is 2. The van der Waals surface area contributed by atoms with Crippen LogP contribution in [0.2, 0.25) is 0 Å². The third-order valence-electron chi connectivity index (χ3n) is 5.99. The van der Waals surface area contributed by atoms with E-state index < -0.39 is 11.5 Å². The molecule has 0 aromatic heterocycles. The number of anilines is 1. The summed E-state index contributed by atoms with van der Waals surface area (Å²) >= 11 is 0. The first kappa shape index (κ1) is 20.3. The second-order valence-corrected chi connectivity index (χ2v) is 8.12. The molecule has 0 amide bonds. The van der Waals surface area contributed by atoms with E-state index >= 15 is 0 Å². The Morgan fingerprint density at radius 3 is 2.21 bits per heavy atom. The van der Waals surface area contributed by atoms with Gasteiger partial charge in [0.15, 0.2) is 11.6 Å². The molecule has 2 atom stereocenters. The van der Waals surface area contributed by atoms with Crippen LogP contribution in [0, 0.1) is 0 Å². The summed E-state index contributed by atoms with van der Waals surface area (Å²) in [5.74, 6) is -0.112. The topological polar surface area (TPSA) is 86.2 Å². The molecule has 0 heterocycles. The predicted octanol–water partition coefficient (Wildman–Crippen LogP) is 4.62. The van der Waals surface area contributed by atoms with E-state index in [0.29, 0.717) is 34.7 Å². The van der Waals surface area contributed by atoms with Gasteiger partial charge >= 0.3 is 0 Å². The van der Waals surface area contributed by atoms with Gasteiger partial charge in [-0.05, 0) is 29.5 Å². The van der Waals surface area contributed by atoms with Crippen molar-refractivity contribution in [1.29, 1.82) is 0 Å². The number of nitrogens with two attached hydrogens (primary N) is 2. The molecule has 1 aliphatic carbocycles. The predicted molar refractivity (Wildman–Crippen MR) is 114 cm³/mol. The molecule has 0 spiro atoms. The molecule has 28 heavy (non-hydrogen) atoms. The van der Waals surface area contributed by atoms with Crippen molar-refractivity contribution in [3.63, 3.8) is 0 Å². The third-order valence-corrected chi connectivity index (χ3v) is 5.99. The maximum atomic E-state index is 13.7. The molecule has 0 fully saturated rings. The van der Waals surface area contributed by atoms with Crippen molar-refractivity contribution in [3.8, 4) is 0 Å². The fourth-order valence-electron chi connectivity index (χ4n) is 4.30. The van der Waals surface area contributed by atoms with Crippen LogP contribution in [-0.4, -0.2) is 17.6 Å². The molecule has 2 aromatic rings. The summed E-state index contributed by atoms with van der Waals surface area (Å²) in [5, 5.41) is 0. The Bertz CT molecular complexity index is 886. The molecule has 4 nitrogen and oxygen atoms in total. The lowest BCUT2D eigenvalue weighted by molar-refractivity contribution is 0.0760. The summed E-state index contributed by atoms with van der Waals surface area (Å²) < 4.78 is 0. The minimum Gasteiger partial charge on any atom is -0.398 e. The molecule has 148 valence electrons. The molecule has 3 rings (SSSR count). The molecule has 0 radical (unpaired) electrons. The summed E-state index contributed by atoms with van der Waals surface area (Å²) in [6, 6.07) is 12.3. The number of rotatable bonds is 7. The Balaban J connectivity index is 2.15. The number of nitrogen functional groups attached to an aromatic ring is 1. The summed E-state index contributed by atoms with van der Waals surface area (Å²) in [5.41, 5.74) is 14.2. The van der Waals surface area contributed by atoms with Crippen LogP contribution in [0.4, 0.5) is 5.69 Å². The van der Waals surface area contributed by atoms with Crippen molar-refractivity contribution < 1.29 is 9.59 Å². The standard InChI is InChI=1S/C24H30N2O2/c1-4-5-6-10-20(26)24(17-13-11-16(12-14-17)15(2)3)22(27)18-8-7-9-19(25)21(18)23(24)28/h7-9,11-15,20H,4-6,10,25-26H2,1-3H3. The van der Waals surface area contributed by atoms with Crippen LogP contribution in [0.1, 0.15) is 84.2 Å². The fourth-order valence-corrected chi connectivity index (χ4v) is 4.30. The van der Waals surface area contributed by atoms with Gasteiger partial charge in [-0.2, -0.15) is 0 Å². The molecule has 1 aliphatic rings. The highest BCUT2D eigenvalue weighted by molar-refractivity contribution is 6.35. The van der Waals surface area contributed by atoms with Crippen LogP contribution >= 0.6 is 0 Å². The Morgan fingerprint density at radius 2 is 1.64 bits per heavy atom. The number of unbranched alkanes of at least 4 members (excludes halogenated alkanes) is 2. The zero-order valence-corrected chi connectivity index (χ0v) is 17.0. The minimum atomic E-state index is -1.39. The summed E-state index contributed by atoms with van der Waals surface area (Å²) in [7, 11) is 0. The highest BCUT2D eigenvalue weighted by Crippen LogP contribution is 2.45. The summed E-state index contributed by atoms with van der Waals surface area (Å²) in [4.78, 5) is 27.3. The quantitative estimate of drug-likeness (QED) is 0.418. The lowest BCUT2D eigenvalue weighted by Crippen LogP contribution is -2.53. The van der Waals surface area contributed by atoms with Gasteiger partial charge in [-0.25, -0.2) is 0 Å². The maximum absolute atomic E-state index is 13.7. The molecule has 4 heteroatoms. The number of hydrogen-bond acceptors (Lipinski definition) is 4. The van der Waals surface area contributed by atoms with E-state index in [2.05, 4.69) is 20.8 Å². The molecular weight excluding hydrogens is 348 g/mol. The Labute approximate surface area is 167 Å². The number of carbonyl (C=O) groups is 2. The van der Waals surface area contributed by atoms with E-state index in [-0.39, 0.29) is 11.6 Å². The molecule has 0 aliphatic heterocycles. The summed E-state index contributed by atoms with van der Waals surface area (Å²) in [6.45, 7) is 6.35. The van der Waals surface area contributed by atoms with E-state index in [1.165, 1.54) is 0 Å². The monoisotopic (exact) mass is 378 g/mol. The number of fused-ring (bicyclic) bond motifs is 1. The molecule has 4 N–H and O–H groups in total. The van der Waals surface area contributed by atoms with Crippen LogP contribution in [0.15, 0.2) is 42.5 Å². The summed E-state index contributed by atoms with van der Waals surface area (Å²) in [6.07, 6.45) is 3.58. The van der Waals surface area contributed by atoms with Gasteiger partial charge in [-0.3, -0.25) is 9.59 Å². The maximum Gasteiger partial charge on any atom is 0.185 e. The van der Waals surface area contributed by atoms with Crippen molar-refractivity contribution in [1.82, 2.24) is 0 Å². The Morgan fingerprint density at radius 1 is 0.964 bits per heavy atom.